The van der Waals surface area contributed by atoms with E-state index in [9.17, 15) is 12.8 Å². The van der Waals surface area contributed by atoms with Crippen LogP contribution < -0.4 is 10.0 Å². The molecule has 1 aromatic rings. The van der Waals surface area contributed by atoms with E-state index in [1.807, 2.05) is 0 Å². The minimum Gasteiger partial charge on any atom is -0.317 e. The largest absolute Gasteiger partial charge is 0.317 e. The number of halogens is 2. The Morgan fingerprint density at radius 1 is 1.37 bits per heavy atom. The van der Waals surface area contributed by atoms with Crippen molar-refractivity contribution in [3.63, 3.8) is 0 Å². The maximum absolute atomic E-state index is 12.9. The first kappa shape index (κ1) is 14.7. The number of piperidine rings is 1. The lowest BCUT2D eigenvalue weighted by molar-refractivity contribution is 0.372. The molecule has 1 heterocycles. The van der Waals surface area contributed by atoms with Gasteiger partial charge in [0.15, 0.2) is 0 Å². The number of hydrogen-bond acceptors (Lipinski definition) is 3. The van der Waals surface area contributed by atoms with Crippen molar-refractivity contribution >= 4 is 21.6 Å². The fourth-order valence-electron chi connectivity index (χ4n) is 2.08. The van der Waals surface area contributed by atoms with Gasteiger partial charge < -0.3 is 5.32 Å². The molecular weight excluding hydrogens is 291 g/mol. The minimum absolute atomic E-state index is 0.0792. The van der Waals surface area contributed by atoms with Gasteiger partial charge in [0, 0.05) is 6.54 Å². The van der Waals surface area contributed by atoms with E-state index in [1.165, 1.54) is 6.07 Å². The molecule has 2 rings (SSSR count). The highest BCUT2D eigenvalue weighted by Crippen LogP contribution is 2.22. The topological polar surface area (TPSA) is 58.2 Å². The van der Waals surface area contributed by atoms with Crippen LogP contribution in [-0.2, 0) is 10.0 Å². The van der Waals surface area contributed by atoms with Crippen molar-refractivity contribution < 1.29 is 12.8 Å². The Hall–Kier alpha value is -0.690. The minimum atomic E-state index is -3.68. The molecule has 0 aromatic heterocycles. The third kappa shape index (κ3) is 3.89. The molecule has 1 aromatic carbocycles. The summed E-state index contributed by atoms with van der Waals surface area (Å²) < 4.78 is 39.6. The molecule has 106 valence electrons. The highest BCUT2D eigenvalue weighted by atomic mass is 35.5. The third-order valence-corrected chi connectivity index (χ3v) is 5.11. The Kier molecular flexibility index (Phi) is 4.78. The first-order valence-corrected chi connectivity index (χ1v) is 8.00. The lowest BCUT2D eigenvalue weighted by atomic mass is 9.99. The van der Waals surface area contributed by atoms with Crippen LogP contribution in [-0.4, -0.2) is 28.1 Å². The van der Waals surface area contributed by atoms with Crippen molar-refractivity contribution in [2.24, 2.45) is 5.92 Å². The van der Waals surface area contributed by atoms with E-state index in [0.717, 1.165) is 38.1 Å². The SMILES string of the molecule is O=S(=O)(NCC1CCNCC1)c1ccc(F)cc1Cl. The van der Waals surface area contributed by atoms with Crippen molar-refractivity contribution in [3.05, 3.63) is 29.0 Å². The summed E-state index contributed by atoms with van der Waals surface area (Å²) in [5.74, 6) is -0.224. The normalized spacial score (nSPS) is 17.6. The summed E-state index contributed by atoms with van der Waals surface area (Å²) in [5.41, 5.74) is 0. The van der Waals surface area contributed by atoms with E-state index < -0.39 is 15.8 Å². The number of sulfonamides is 1. The Balaban J connectivity index is 2.05. The smallest absolute Gasteiger partial charge is 0.242 e. The summed E-state index contributed by atoms with van der Waals surface area (Å²) in [7, 11) is -3.68. The molecule has 1 aliphatic rings. The predicted octanol–water partition coefficient (Wildman–Crippen LogP) is 1.76. The molecule has 19 heavy (non-hydrogen) atoms. The van der Waals surface area contributed by atoms with Crippen molar-refractivity contribution in [2.75, 3.05) is 19.6 Å². The van der Waals surface area contributed by atoms with Crippen molar-refractivity contribution in [1.29, 1.82) is 0 Å². The van der Waals surface area contributed by atoms with Gasteiger partial charge in [-0.15, -0.1) is 0 Å². The molecule has 1 fully saturated rings. The Morgan fingerprint density at radius 2 is 2.05 bits per heavy atom. The fraction of sp³-hybridized carbons (Fsp3) is 0.500. The van der Waals surface area contributed by atoms with Gasteiger partial charge in [0.2, 0.25) is 10.0 Å². The fourth-order valence-corrected chi connectivity index (χ4v) is 3.73. The van der Waals surface area contributed by atoms with Crippen LogP contribution in [0, 0.1) is 11.7 Å². The maximum atomic E-state index is 12.9. The molecular formula is C12H16ClFN2O2S. The molecule has 0 amide bonds. The van der Waals surface area contributed by atoms with Gasteiger partial charge in [0.25, 0.3) is 0 Å². The van der Waals surface area contributed by atoms with Gasteiger partial charge in [-0.25, -0.2) is 17.5 Å². The molecule has 0 saturated carbocycles. The molecule has 4 nitrogen and oxygen atoms in total. The quantitative estimate of drug-likeness (QED) is 0.891. The monoisotopic (exact) mass is 306 g/mol. The summed E-state index contributed by atoms with van der Waals surface area (Å²) in [6.45, 7) is 2.20. The number of rotatable bonds is 4. The average molecular weight is 307 g/mol. The molecule has 2 N–H and O–H groups in total. The zero-order valence-corrected chi connectivity index (χ0v) is 11.9. The van der Waals surface area contributed by atoms with Crippen molar-refractivity contribution in [2.45, 2.75) is 17.7 Å². The highest BCUT2D eigenvalue weighted by molar-refractivity contribution is 7.89. The predicted molar refractivity (Wildman–Crippen MR) is 72.2 cm³/mol. The Labute approximate surface area is 117 Å². The van der Waals surface area contributed by atoms with Crippen molar-refractivity contribution in [1.82, 2.24) is 10.0 Å². The van der Waals surface area contributed by atoms with E-state index in [4.69, 9.17) is 11.6 Å². The number of nitrogens with one attached hydrogen (secondary N) is 2. The van der Waals surface area contributed by atoms with E-state index >= 15 is 0 Å². The summed E-state index contributed by atoms with van der Waals surface area (Å²) in [6.07, 6.45) is 1.89. The van der Waals surface area contributed by atoms with Crippen LogP contribution in [0.3, 0.4) is 0 Å². The van der Waals surface area contributed by atoms with Crippen LogP contribution in [0.2, 0.25) is 5.02 Å². The lowest BCUT2D eigenvalue weighted by Gasteiger charge is -2.22. The molecule has 0 unspecified atom stereocenters. The van der Waals surface area contributed by atoms with Crippen LogP contribution in [0.15, 0.2) is 23.1 Å². The van der Waals surface area contributed by atoms with E-state index in [0.29, 0.717) is 12.5 Å². The molecule has 0 bridgehead atoms. The van der Waals surface area contributed by atoms with Gasteiger partial charge in [-0.3, -0.25) is 0 Å². The van der Waals surface area contributed by atoms with Gasteiger partial charge in [-0.05, 0) is 50.0 Å². The van der Waals surface area contributed by atoms with Crippen LogP contribution in [0.5, 0.6) is 0 Å². The second-order valence-electron chi connectivity index (χ2n) is 4.62. The van der Waals surface area contributed by atoms with Gasteiger partial charge in [0.05, 0.1) is 5.02 Å². The standard InChI is InChI=1S/C12H16ClFN2O2S/c13-11-7-10(14)1-2-12(11)19(17,18)16-8-9-3-5-15-6-4-9/h1-2,7,9,15-16H,3-6,8H2. The second kappa shape index (κ2) is 6.17. The van der Waals surface area contributed by atoms with Crippen LogP contribution in [0.25, 0.3) is 0 Å². The lowest BCUT2D eigenvalue weighted by Crippen LogP contribution is -2.36. The van der Waals surface area contributed by atoms with Crippen molar-refractivity contribution in [3.8, 4) is 0 Å². The zero-order valence-electron chi connectivity index (χ0n) is 10.3. The van der Waals surface area contributed by atoms with Gasteiger partial charge in [-0.2, -0.15) is 0 Å². The van der Waals surface area contributed by atoms with Crippen LogP contribution in [0.4, 0.5) is 4.39 Å². The molecule has 0 aliphatic carbocycles. The molecule has 7 heteroatoms. The summed E-state index contributed by atoms with van der Waals surface area (Å²) in [5, 5.41) is 3.12. The van der Waals surface area contributed by atoms with Crippen LogP contribution >= 0.6 is 11.6 Å². The molecule has 0 atom stereocenters. The van der Waals surface area contributed by atoms with E-state index in [1.54, 1.807) is 0 Å². The Morgan fingerprint density at radius 3 is 2.68 bits per heavy atom. The zero-order chi connectivity index (χ0) is 13.9. The summed E-state index contributed by atoms with van der Waals surface area (Å²) >= 11 is 5.77. The van der Waals surface area contributed by atoms with Crippen LogP contribution in [0.1, 0.15) is 12.8 Å². The molecule has 1 aliphatic heterocycles. The molecule has 1 saturated heterocycles. The molecule has 0 radical (unpaired) electrons. The highest BCUT2D eigenvalue weighted by Gasteiger charge is 2.21. The average Bonchev–Trinajstić information content (AvgIpc) is 2.37. The first-order chi connectivity index (χ1) is 8.99. The number of benzene rings is 1. The second-order valence-corrected chi connectivity index (χ2v) is 6.76. The first-order valence-electron chi connectivity index (χ1n) is 6.14. The summed E-state index contributed by atoms with van der Waals surface area (Å²) in [4.78, 5) is -0.0792. The maximum Gasteiger partial charge on any atom is 0.242 e. The molecule has 0 spiro atoms. The van der Waals surface area contributed by atoms with E-state index in [-0.39, 0.29) is 9.92 Å². The van der Waals surface area contributed by atoms with Gasteiger partial charge in [0.1, 0.15) is 10.7 Å². The summed E-state index contributed by atoms with van der Waals surface area (Å²) in [6, 6.07) is 3.27. The third-order valence-electron chi connectivity index (χ3n) is 3.20. The van der Waals surface area contributed by atoms with E-state index in [2.05, 4.69) is 10.0 Å². The van der Waals surface area contributed by atoms with Gasteiger partial charge in [-0.1, -0.05) is 11.6 Å². The number of hydrogen-bond donors (Lipinski definition) is 2. The van der Waals surface area contributed by atoms with Gasteiger partial charge >= 0.3 is 0 Å². The Bertz CT molecular complexity index is 545.